The van der Waals surface area contributed by atoms with Crippen LogP contribution in [0.3, 0.4) is 0 Å². The number of rotatable bonds is 38. The number of hydrogen-bond donors (Lipinski definition) is 4. The quantitative estimate of drug-likeness (QED) is 0.0154. The zero-order valence-electron chi connectivity index (χ0n) is 34.4. The topological polar surface area (TPSA) is 169 Å². The van der Waals surface area contributed by atoms with Crippen LogP contribution in [-0.2, 0) is 32.7 Å². The van der Waals surface area contributed by atoms with Crippen LogP contribution in [0.1, 0.15) is 162 Å². The molecule has 0 aliphatic carbocycles. The fourth-order valence-corrected chi connectivity index (χ4v) is 6.22. The first kappa shape index (κ1) is 52.9. The van der Waals surface area contributed by atoms with Gasteiger partial charge in [-0.15, -0.1) is 0 Å². The number of phosphoric acid groups is 1. The van der Waals surface area contributed by atoms with Crippen molar-refractivity contribution in [2.75, 3.05) is 26.4 Å². The minimum absolute atomic E-state index is 0.106. The molecule has 0 aromatic carbocycles. The number of carbonyl (C=O) groups excluding carboxylic acids is 2. The molecule has 0 aliphatic heterocycles. The molecule has 0 rings (SSSR count). The van der Waals surface area contributed by atoms with Gasteiger partial charge in [0, 0.05) is 12.8 Å². The molecule has 0 heterocycles. The molecule has 4 atom stereocenters. The van der Waals surface area contributed by atoms with Gasteiger partial charge in [-0.05, 0) is 50.9 Å². The molecule has 0 aromatic heterocycles. The van der Waals surface area contributed by atoms with Crippen LogP contribution in [0, 0.1) is 5.92 Å². The molecular formula is C43H77O11P. The van der Waals surface area contributed by atoms with Crippen molar-refractivity contribution in [3.63, 3.8) is 0 Å². The van der Waals surface area contributed by atoms with Gasteiger partial charge in [-0.25, -0.2) is 4.57 Å². The van der Waals surface area contributed by atoms with Gasteiger partial charge in [-0.3, -0.25) is 18.6 Å². The van der Waals surface area contributed by atoms with Crippen LogP contribution in [0.4, 0.5) is 0 Å². The summed E-state index contributed by atoms with van der Waals surface area (Å²) < 4.78 is 32.6. The number of aliphatic hydroxyl groups is 3. The minimum Gasteiger partial charge on any atom is -0.462 e. The second-order valence-electron chi connectivity index (χ2n) is 14.7. The number of carbonyl (C=O) groups is 2. The summed E-state index contributed by atoms with van der Waals surface area (Å²) in [6, 6.07) is 0. The SMILES string of the molecule is CCCCC/C=C\C/C=C\CC(O)/C=C\C=C\CCCC(=O)OC[C@H](COP(=O)(O)OC[C@@H](O)CO)OC(=O)CCCCCCCCCCCCCC(C)C. The predicted molar refractivity (Wildman–Crippen MR) is 220 cm³/mol. The number of aliphatic hydroxyl groups excluding tert-OH is 3. The predicted octanol–water partition coefficient (Wildman–Crippen LogP) is 9.77. The highest BCUT2D eigenvalue weighted by Gasteiger charge is 2.27. The average Bonchev–Trinajstić information content (AvgIpc) is 3.15. The molecule has 0 amide bonds. The number of hydrogen-bond acceptors (Lipinski definition) is 10. The Labute approximate surface area is 333 Å². The van der Waals surface area contributed by atoms with E-state index < -0.39 is 57.9 Å². The summed E-state index contributed by atoms with van der Waals surface area (Å²) in [5, 5.41) is 28.4. The molecule has 0 saturated carbocycles. The zero-order valence-corrected chi connectivity index (χ0v) is 35.3. The van der Waals surface area contributed by atoms with Crippen molar-refractivity contribution < 1.29 is 52.9 Å². The van der Waals surface area contributed by atoms with E-state index in [1.165, 1.54) is 70.6 Å². The molecule has 0 fully saturated rings. The van der Waals surface area contributed by atoms with Crippen molar-refractivity contribution in [2.24, 2.45) is 5.92 Å². The minimum atomic E-state index is -4.65. The summed E-state index contributed by atoms with van der Waals surface area (Å²) in [7, 11) is -4.65. The highest BCUT2D eigenvalue weighted by molar-refractivity contribution is 7.47. The number of unbranched alkanes of at least 4 members (excludes halogenated alkanes) is 14. The van der Waals surface area contributed by atoms with Gasteiger partial charge in [0.2, 0.25) is 0 Å². The maximum atomic E-state index is 12.6. The summed E-state index contributed by atoms with van der Waals surface area (Å²) in [6.07, 6.45) is 34.0. The molecule has 0 aliphatic rings. The smallest absolute Gasteiger partial charge is 0.462 e. The van der Waals surface area contributed by atoms with Crippen LogP contribution in [0.25, 0.3) is 0 Å². The molecule has 320 valence electrons. The Bertz CT molecular complexity index is 1090. The molecule has 12 heteroatoms. The fourth-order valence-electron chi connectivity index (χ4n) is 5.43. The first-order valence-electron chi connectivity index (χ1n) is 21.1. The second kappa shape index (κ2) is 37.5. The van der Waals surface area contributed by atoms with Crippen molar-refractivity contribution in [3.05, 3.63) is 48.6 Å². The highest BCUT2D eigenvalue weighted by atomic mass is 31.2. The monoisotopic (exact) mass is 801 g/mol. The molecule has 0 aromatic rings. The van der Waals surface area contributed by atoms with Crippen LogP contribution >= 0.6 is 7.82 Å². The molecule has 55 heavy (non-hydrogen) atoms. The van der Waals surface area contributed by atoms with Gasteiger partial charge < -0.3 is 29.7 Å². The number of ether oxygens (including phenoxy) is 2. The van der Waals surface area contributed by atoms with E-state index in [9.17, 15) is 29.3 Å². The molecule has 11 nitrogen and oxygen atoms in total. The van der Waals surface area contributed by atoms with Crippen molar-refractivity contribution in [1.29, 1.82) is 0 Å². The molecule has 0 saturated heterocycles. The molecule has 2 unspecified atom stereocenters. The molecule has 0 radical (unpaired) electrons. The average molecular weight is 801 g/mol. The third-order valence-electron chi connectivity index (χ3n) is 8.74. The van der Waals surface area contributed by atoms with Gasteiger partial charge in [0.15, 0.2) is 6.10 Å². The lowest BCUT2D eigenvalue weighted by atomic mass is 10.0. The van der Waals surface area contributed by atoms with E-state index in [4.69, 9.17) is 19.1 Å². The van der Waals surface area contributed by atoms with Gasteiger partial charge in [0.25, 0.3) is 0 Å². The van der Waals surface area contributed by atoms with Crippen molar-refractivity contribution in [1.82, 2.24) is 0 Å². The third kappa shape index (κ3) is 38.5. The van der Waals surface area contributed by atoms with Crippen molar-refractivity contribution >= 4 is 19.8 Å². The fraction of sp³-hybridized carbons (Fsp3) is 0.767. The Morgan fingerprint density at radius 3 is 1.93 bits per heavy atom. The first-order valence-corrected chi connectivity index (χ1v) is 22.6. The lowest BCUT2D eigenvalue weighted by molar-refractivity contribution is -0.161. The van der Waals surface area contributed by atoms with Gasteiger partial charge in [0.05, 0.1) is 25.9 Å². The van der Waals surface area contributed by atoms with E-state index in [0.29, 0.717) is 25.7 Å². The first-order chi connectivity index (χ1) is 26.5. The van der Waals surface area contributed by atoms with Gasteiger partial charge >= 0.3 is 19.8 Å². The number of phosphoric ester groups is 1. The van der Waals surface area contributed by atoms with Crippen molar-refractivity contribution in [2.45, 2.75) is 180 Å². The normalized spacial score (nSPS) is 15.1. The van der Waals surface area contributed by atoms with Crippen LogP contribution in [0.15, 0.2) is 48.6 Å². The van der Waals surface area contributed by atoms with Crippen LogP contribution in [0.2, 0.25) is 0 Å². The van der Waals surface area contributed by atoms with E-state index in [1.807, 2.05) is 18.2 Å². The summed E-state index contributed by atoms with van der Waals surface area (Å²) in [5.74, 6) is -0.268. The van der Waals surface area contributed by atoms with E-state index in [-0.39, 0.29) is 19.4 Å². The maximum Gasteiger partial charge on any atom is 0.472 e. The Balaban J connectivity index is 4.50. The maximum absolute atomic E-state index is 12.6. The zero-order chi connectivity index (χ0) is 40.8. The lowest BCUT2D eigenvalue weighted by Crippen LogP contribution is -2.29. The molecule has 4 N–H and O–H groups in total. The summed E-state index contributed by atoms with van der Waals surface area (Å²) in [6.45, 7) is 4.48. The van der Waals surface area contributed by atoms with E-state index >= 15 is 0 Å². The van der Waals surface area contributed by atoms with Crippen molar-refractivity contribution in [3.8, 4) is 0 Å². The number of allylic oxidation sites excluding steroid dienone is 6. The Morgan fingerprint density at radius 2 is 1.27 bits per heavy atom. The van der Waals surface area contributed by atoms with Gasteiger partial charge in [0.1, 0.15) is 12.7 Å². The molecule has 0 spiro atoms. The van der Waals surface area contributed by atoms with Crippen LogP contribution in [0.5, 0.6) is 0 Å². The van der Waals surface area contributed by atoms with Gasteiger partial charge in [-0.2, -0.15) is 0 Å². The Morgan fingerprint density at radius 1 is 0.673 bits per heavy atom. The summed E-state index contributed by atoms with van der Waals surface area (Å²) in [4.78, 5) is 34.9. The Kier molecular flexibility index (Phi) is 36.0. The van der Waals surface area contributed by atoms with Gasteiger partial charge in [-0.1, -0.05) is 153 Å². The third-order valence-corrected chi connectivity index (χ3v) is 9.70. The highest BCUT2D eigenvalue weighted by Crippen LogP contribution is 2.43. The Hall–Kier alpha value is -2.11. The standard InChI is InChI=1S/C43H77O11P/c1-4-5-6-7-8-12-16-20-25-30-39(45)31-26-21-18-23-27-32-42(47)51-36-41(37-53-55(49,50)52-35-40(46)34-44)54-43(48)33-28-22-17-14-11-9-10-13-15-19-24-29-38(2)3/h8,12,18,20-21,25-26,31,38-41,44-46H,4-7,9-11,13-17,19,22-24,27-30,32-37H2,1-3H3,(H,49,50)/b12-8-,21-18+,25-20-,31-26-/t39?,40-,41+/m0/s1. The van der Waals surface area contributed by atoms with E-state index in [1.54, 1.807) is 12.2 Å². The lowest BCUT2D eigenvalue weighted by Gasteiger charge is -2.20. The van der Waals surface area contributed by atoms with Crippen LogP contribution in [-0.4, -0.2) is 76.9 Å². The molecular weight excluding hydrogens is 723 g/mol. The summed E-state index contributed by atoms with van der Waals surface area (Å²) >= 11 is 0. The van der Waals surface area contributed by atoms with E-state index in [0.717, 1.165) is 38.0 Å². The number of esters is 2. The summed E-state index contributed by atoms with van der Waals surface area (Å²) in [5.41, 5.74) is 0. The van der Waals surface area contributed by atoms with E-state index in [2.05, 4.69) is 43.5 Å². The van der Waals surface area contributed by atoms with Crippen LogP contribution < -0.4 is 0 Å². The molecule has 0 bridgehead atoms. The largest absolute Gasteiger partial charge is 0.472 e. The second-order valence-corrected chi connectivity index (χ2v) is 16.1.